The fraction of sp³-hybridized carbons (Fsp3) is 0.538. The van der Waals surface area contributed by atoms with E-state index in [1.165, 1.54) is 0 Å². The second-order valence-corrected chi connectivity index (χ2v) is 4.33. The molecule has 19 heavy (non-hydrogen) atoms. The van der Waals surface area contributed by atoms with Gasteiger partial charge >= 0.3 is 0 Å². The lowest BCUT2D eigenvalue weighted by atomic mass is 10.1. The second kappa shape index (κ2) is 7.96. The van der Waals surface area contributed by atoms with Crippen LogP contribution in [0.2, 0.25) is 0 Å². The van der Waals surface area contributed by atoms with Crippen LogP contribution in [0, 0.1) is 13.8 Å². The zero-order valence-electron chi connectivity index (χ0n) is 12.1. The van der Waals surface area contributed by atoms with Crippen LogP contribution in [-0.4, -0.2) is 43.5 Å². The Morgan fingerprint density at radius 1 is 1.47 bits per heavy atom. The topological polar surface area (TPSA) is 54.5 Å². The Bertz CT molecular complexity index is 438. The Kier molecular flexibility index (Phi) is 7.41. The summed E-state index contributed by atoms with van der Waals surface area (Å²) < 4.78 is 5.35. The number of halogens is 1. The first-order chi connectivity index (χ1) is 8.51. The van der Waals surface area contributed by atoms with Crippen LogP contribution in [0.3, 0.4) is 0 Å². The molecule has 0 aliphatic heterocycles. The molecule has 6 heteroatoms. The molecule has 0 atom stereocenters. The lowest BCUT2D eigenvalue weighted by molar-refractivity contribution is -0.129. The van der Waals surface area contributed by atoms with Crippen molar-refractivity contribution >= 4 is 18.3 Å². The van der Waals surface area contributed by atoms with Gasteiger partial charge in [0.15, 0.2) is 0 Å². The van der Waals surface area contributed by atoms with Crippen molar-refractivity contribution in [3.8, 4) is 5.75 Å². The van der Waals surface area contributed by atoms with Crippen LogP contribution in [0.4, 0.5) is 0 Å². The number of methoxy groups -OCH3 is 1. The number of hydrogen-bond acceptors (Lipinski definition) is 4. The van der Waals surface area contributed by atoms with Gasteiger partial charge in [-0.15, -0.1) is 12.4 Å². The molecule has 0 spiro atoms. The molecule has 0 aliphatic rings. The van der Waals surface area contributed by atoms with Gasteiger partial charge in [-0.25, -0.2) is 0 Å². The van der Waals surface area contributed by atoms with Gasteiger partial charge in [0.05, 0.1) is 25.9 Å². The third-order valence-electron chi connectivity index (χ3n) is 2.89. The first-order valence-electron chi connectivity index (χ1n) is 5.88. The number of aromatic nitrogens is 1. The van der Waals surface area contributed by atoms with Gasteiger partial charge in [-0.05, 0) is 20.9 Å². The molecular weight excluding hydrogens is 266 g/mol. The molecule has 0 aromatic carbocycles. The number of aryl methyl sites for hydroxylation is 1. The highest BCUT2D eigenvalue weighted by molar-refractivity contribution is 5.85. The van der Waals surface area contributed by atoms with E-state index < -0.39 is 0 Å². The van der Waals surface area contributed by atoms with E-state index in [1.54, 1.807) is 32.3 Å². The van der Waals surface area contributed by atoms with E-state index >= 15 is 0 Å². The van der Waals surface area contributed by atoms with E-state index in [4.69, 9.17) is 4.74 Å². The van der Waals surface area contributed by atoms with Crippen LogP contribution < -0.4 is 10.1 Å². The number of amides is 1. The summed E-state index contributed by atoms with van der Waals surface area (Å²) in [6.45, 7) is 4.74. The van der Waals surface area contributed by atoms with E-state index in [0.717, 1.165) is 22.6 Å². The van der Waals surface area contributed by atoms with Gasteiger partial charge < -0.3 is 15.0 Å². The highest BCUT2D eigenvalue weighted by Crippen LogP contribution is 2.24. The molecular formula is C13H22ClN3O2. The first-order valence-corrected chi connectivity index (χ1v) is 5.88. The lowest BCUT2D eigenvalue weighted by Gasteiger charge is -2.19. The third kappa shape index (κ3) is 4.36. The Balaban J connectivity index is 0.00000324. The van der Waals surface area contributed by atoms with Gasteiger partial charge in [0.1, 0.15) is 5.75 Å². The molecule has 0 radical (unpaired) electrons. The number of likely N-dealkylation sites (N-methyl/N-ethyl adjacent to an activating group) is 2. The summed E-state index contributed by atoms with van der Waals surface area (Å²) in [4.78, 5) is 17.7. The molecule has 0 unspecified atom stereocenters. The van der Waals surface area contributed by atoms with Gasteiger partial charge in [-0.1, -0.05) is 0 Å². The number of carbonyl (C=O) groups excluding carboxylic acids is 1. The van der Waals surface area contributed by atoms with Gasteiger partial charge in [0, 0.05) is 24.4 Å². The maximum Gasteiger partial charge on any atom is 0.236 e. The van der Waals surface area contributed by atoms with Crippen molar-refractivity contribution in [2.24, 2.45) is 0 Å². The summed E-state index contributed by atoms with van der Waals surface area (Å²) in [5.74, 6) is 0.882. The monoisotopic (exact) mass is 287 g/mol. The lowest BCUT2D eigenvalue weighted by Crippen LogP contribution is -2.34. The maximum atomic E-state index is 11.7. The summed E-state index contributed by atoms with van der Waals surface area (Å²) in [5.41, 5.74) is 2.86. The Hall–Kier alpha value is -1.33. The van der Waals surface area contributed by atoms with Crippen molar-refractivity contribution in [1.82, 2.24) is 15.2 Å². The number of nitrogens with zero attached hydrogens (tertiary/aromatic N) is 2. The van der Waals surface area contributed by atoms with Gasteiger partial charge in [0.2, 0.25) is 5.91 Å². The van der Waals surface area contributed by atoms with Crippen LogP contribution in [0.15, 0.2) is 6.20 Å². The smallest absolute Gasteiger partial charge is 0.236 e. The zero-order chi connectivity index (χ0) is 13.7. The highest BCUT2D eigenvalue weighted by Gasteiger charge is 2.14. The van der Waals surface area contributed by atoms with Crippen LogP contribution in [0.1, 0.15) is 16.8 Å². The van der Waals surface area contributed by atoms with Gasteiger partial charge in [-0.2, -0.15) is 0 Å². The minimum Gasteiger partial charge on any atom is -0.496 e. The molecule has 108 valence electrons. The molecule has 0 saturated carbocycles. The minimum absolute atomic E-state index is 0. The molecule has 0 bridgehead atoms. The molecule has 1 amide bonds. The molecule has 1 heterocycles. The third-order valence-corrected chi connectivity index (χ3v) is 2.89. The fourth-order valence-corrected chi connectivity index (χ4v) is 1.83. The van der Waals surface area contributed by atoms with Crippen molar-refractivity contribution in [1.29, 1.82) is 0 Å². The second-order valence-electron chi connectivity index (χ2n) is 4.33. The molecule has 1 aromatic heterocycles. The van der Waals surface area contributed by atoms with Crippen LogP contribution >= 0.6 is 12.4 Å². The summed E-state index contributed by atoms with van der Waals surface area (Å²) >= 11 is 0. The van der Waals surface area contributed by atoms with Gasteiger partial charge in [-0.3, -0.25) is 9.78 Å². The van der Waals surface area contributed by atoms with Crippen LogP contribution in [0.5, 0.6) is 5.75 Å². The van der Waals surface area contributed by atoms with Crippen molar-refractivity contribution in [2.75, 3.05) is 27.7 Å². The van der Waals surface area contributed by atoms with E-state index in [0.29, 0.717) is 13.1 Å². The van der Waals surface area contributed by atoms with E-state index in [1.807, 2.05) is 13.8 Å². The quantitative estimate of drug-likeness (QED) is 0.887. The number of pyridine rings is 1. The number of carbonyl (C=O) groups is 1. The molecule has 1 N–H and O–H groups in total. The average Bonchev–Trinajstić information content (AvgIpc) is 2.33. The summed E-state index contributed by atoms with van der Waals surface area (Å²) in [5, 5.41) is 2.84. The molecule has 0 fully saturated rings. The summed E-state index contributed by atoms with van der Waals surface area (Å²) in [7, 11) is 5.17. The van der Waals surface area contributed by atoms with Crippen LogP contribution in [-0.2, 0) is 11.3 Å². The average molecular weight is 288 g/mol. The molecule has 0 saturated heterocycles. The van der Waals surface area contributed by atoms with Crippen LogP contribution in [0.25, 0.3) is 0 Å². The fourth-order valence-electron chi connectivity index (χ4n) is 1.83. The first kappa shape index (κ1) is 17.7. The number of hydrogen-bond donors (Lipinski definition) is 1. The van der Waals surface area contributed by atoms with E-state index in [-0.39, 0.29) is 18.3 Å². The van der Waals surface area contributed by atoms with Crippen molar-refractivity contribution in [2.45, 2.75) is 20.4 Å². The minimum atomic E-state index is 0. The van der Waals surface area contributed by atoms with Crippen molar-refractivity contribution in [3.63, 3.8) is 0 Å². The van der Waals surface area contributed by atoms with E-state index in [2.05, 4.69) is 10.3 Å². The van der Waals surface area contributed by atoms with Crippen molar-refractivity contribution < 1.29 is 9.53 Å². The number of rotatable bonds is 5. The summed E-state index contributed by atoms with van der Waals surface area (Å²) in [6.07, 6.45) is 1.78. The standard InChI is InChI=1S/C13H21N3O2.ClH/c1-9-6-15-11(10(2)13(9)18-5)8-16(4)12(17)7-14-3;/h6,14H,7-8H2,1-5H3;1H. The van der Waals surface area contributed by atoms with Crippen molar-refractivity contribution in [3.05, 3.63) is 23.0 Å². The predicted octanol–water partition coefficient (Wildman–Crippen LogP) is 1.31. The maximum absolute atomic E-state index is 11.7. The largest absolute Gasteiger partial charge is 0.496 e. The Labute approximate surface area is 120 Å². The van der Waals surface area contributed by atoms with Gasteiger partial charge in [0.25, 0.3) is 0 Å². The van der Waals surface area contributed by atoms with E-state index in [9.17, 15) is 4.79 Å². The SMILES string of the molecule is CNCC(=O)N(C)Cc1ncc(C)c(OC)c1C.Cl. The number of nitrogens with one attached hydrogen (secondary N) is 1. The Morgan fingerprint density at radius 3 is 2.63 bits per heavy atom. The normalized spacial score (nSPS) is 9.74. The Morgan fingerprint density at radius 2 is 2.11 bits per heavy atom. The zero-order valence-corrected chi connectivity index (χ0v) is 12.9. The molecule has 0 aliphatic carbocycles. The number of ether oxygens (including phenoxy) is 1. The molecule has 5 nitrogen and oxygen atoms in total. The molecule has 1 aromatic rings. The predicted molar refractivity (Wildman–Crippen MR) is 77.9 cm³/mol. The molecule has 1 rings (SSSR count). The summed E-state index contributed by atoms with van der Waals surface area (Å²) in [6, 6.07) is 0. The highest BCUT2D eigenvalue weighted by atomic mass is 35.5.